The van der Waals surface area contributed by atoms with Crippen LogP contribution in [-0.2, 0) is 23.8 Å². The zero-order valence-corrected chi connectivity index (χ0v) is 19.5. The zero-order valence-electron chi connectivity index (χ0n) is 18.7. The van der Waals surface area contributed by atoms with Gasteiger partial charge in [0, 0.05) is 32.7 Å². The number of aliphatic carboxylic acids is 1. The van der Waals surface area contributed by atoms with Crippen molar-refractivity contribution >= 4 is 27.7 Å². The van der Waals surface area contributed by atoms with Gasteiger partial charge in [0.2, 0.25) is 0 Å². The zero-order chi connectivity index (χ0) is 23.8. The van der Waals surface area contributed by atoms with Crippen LogP contribution in [0, 0.1) is 5.92 Å². The first-order chi connectivity index (χ1) is 15.7. The SMILES string of the molecule is CN1CCN(CCS(=O)(=O)OCNc2ccc(C(=O)OCC(=O)O)cc2OCC2CC2)CC1. The summed E-state index contributed by atoms with van der Waals surface area (Å²) in [7, 11) is -1.68. The van der Waals surface area contributed by atoms with Gasteiger partial charge in [-0.05, 0) is 44.0 Å². The Morgan fingerprint density at radius 2 is 1.91 bits per heavy atom. The number of carboxylic acids is 1. The Morgan fingerprint density at radius 3 is 2.58 bits per heavy atom. The second-order valence-corrected chi connectivity index (χ2v) is 10.0. The van der Waals surface area contributed by atoms with Gasteiger partial charge in [0.05, 0.1) is 23.6 Å². The van der Waals surface area contributed by atoms with Crippen LogP contribution in [-0.4, -0.2) is 101 Å². The maximum atomic E-state index is 12.3. The lowest BCUT2D eigenvalue weighted by Gasteiger charge is -2.32. The standard InChI is InChI=1S/C21H31N3O8S/c1-23-6-8-24(9-7-23)10-11-33(28,29)32-15-22-18-5-4-17(21(27)31-14-20(25)26)12-19(18)30-13-16-2-3-16/h4-5,12,16,22H,2-3,6-11,13-15H2,1H3,(H,25,26). The van der Waals surface area contributed by atoms with Crippen LogP contribution < -0.4 is 10.1 Å². The minimum atomic E-state index is -3.72. The van der Waals surface area contributed by atoms with Crippen molar-refractivity contribution in [3.8, 4) is 5.75 Å². The van der Waals surface area contributed by atoms with Crippen molar-refractivity contribution in [3.05, 3.63) is 23.8 Å². The summed E-state index contributed by atoms with van der Waals surface area (Å²) < 4.78 is 40.1. The molecule has 1 aliphatic heterocycles. The van der Waals surface area contributed by atoms with Crippen molar-refractivity contribution in [3.63, 3.8) is 0 Å². The molecule has 0 amide bonds. The molecule has 1 heterocycles. The average molecular weight is 486 g/mol. The number of likely N-dealkylation sites (N-methyl/N-ethyl adjacent to an activating group) is 1. The number of esters is 1. The maximum Gasteiger partial charge on any atom is 0.341 e. The van der Waals surface area contributed by atoms with Gasteiger partial charge in [-0.25, -0.2) is 13.8 Å². The highest BCUT2D eigenvalue weighted by molar-refractivity contribution is 7.86. The molecular weight excluding hydrogens is 454 g/mol. The maximum absolute atomic E-state index is 12.3. The number of carbonyl (C=O) groups excluding carboxylic acids is 1. The smallest absolute Gasteiger partial charge is 0.341 e. The van der Waals surface area contributed by atoms with Gasteiger partial charge < -0.3 is 24.8 Å². The molecule has 3 rings (SSSR count). The Balaban J connectivity index is 1.53. The molecule has 0 atom stereocenters. The molecule has 1 aromatic rings. The van der Waals surface area contributed by atoms with Crippen molar-refractivity contribution in [2.24, 2.45) is 5.92 Å². The number of hydrogen-bond donors (Lipinski definition) is 2. The lowest BCUT2D eigenvalue weighted by atomic mass is 10.2. The van der Waals surface area contributed by atoms with Crippen molar-refractivity contribution in [2.45, 2.75) is 12.8 Å². The van der Waals surface area contributed by atoms with Crippen LogP contribution in [0.15, 0.2) is 18.2 Å². The predicted octanol–water partition coefficient (Wildman–Crippen LogP) is 0.680. The molecule has 1 aromatic carbocycles. The normalized spacial score (nSPS) is 17.5. The number of piperazine rings is 1. The molecule has 0 unspecified atom stereocenters. The second-order valence-electron chi connectivity index (χ2n) is 8.28. The summed E-state index contributed by atoms with van der Waals surface area (Å²) in [5.41, 5.74) is 0.591. The Labute approximate surface area is 193 Å². The molecule has 0 spiro atoms. The van der Waals surface area contributed by atoms with Gasteiger partial charge in [-0.1, -0.05) is 0 Å². The van der Waals surface area contributed by atoms with Crippen LogP contribution in [0.2, 0.25) is 0 Å². The molecule has 2 aliphatic rings. The number of carboxylic acid groups (broad SMARTS) is 1. The van der Waals surface area contributed by atoms with E-state index in [1.807, 2.05) is 7.05 Å². The van der Waals surface area contributed by atoms with Crippen LogP contribution in [0.4, 0.5) is 5.69 Å². The van der Waals surface area contributed by atoms with Gasteiger partial charge in [0.25, 0.3) is 10.1 Å². The summed E-state index contributed by atoms with van der Waals surface area (Å²) in [6.45, 7) is 3.33. The largest absolute Gasteiger partial charge is 0.491 e. The van der Waals surface area contributed by atoms with Gasteiger partial charge in [-0.2, -0.15) is 8.42 Å². The topological polar surface area (TPSA) is 135 Å². The highest BCUT2D eigenvalue weighted by atomic mass is 32.2. The molecule has 33 heavy (non-hydrogen) atoms. The van der Waals surface area contributed by atoms with Gasteiger partial charge >= 0.3 is 11.9 Å². The van der Waals surface area contributed by atoms with E-state index in [4.69, 9.17) is 18.8 Å². The third-order valence-electron chi connectivity index (χ3n) is 5.47. The van der Waals surface area contributed by atoms with E-state index in [-0.39, 0.29) is 18.0 Å². The molecule has 1 saturated carbocycles. The number of nitrogens with one attached hydrogen (secondary N) is 1. The van der Waals surface area contributed by atoms with E-state index in [1.54, 1.807) is 6.07 Å². The number of anilines is 1. The number of carbonyl (C=O) groups is 2. The lowest BCUT2D eigenvalue weighted by molar-refractivity contribution is -0.140. The number of rotatable bonds is 13. The van der Waals surface area contributed by atoms with Crippen LogP contribution in [0.5, 0.6) is 5.75 Å². The monoisotopic (exact) mass is 485 g/mol. The van der Waals surface area contributed by atoms with Crippen molar-refractivity contribution in [1.29, 1.82) is 0 Å². The fourth-order valence-corrected chi connectivity index (χ4v) is 4.02. The van der Waals surface area contributed by atoms with E-state index < -0.39 is 28.7 Å². The fraction of sp³-hybridized carbons (Fsp3) is 0.619. The quantitative estimate of drug-likeness (QED) is 0.232. The highest BCUT2D eigenvalue weighted by Gasteiger charge is 2.23. The summed E-state index contributed by atoms with van der Waals surface area (Å²) in [6.07, 6.45) is 2.13. The molecule has 1 saturated heterocycles. The first-order valence-electron chi connectivity index (χ1n) is 10.9. The first-order valence-corrected chi connectivity index (χ1v) is 12.5. The first kappa shape index (κ1) is 25.2. The van der Waals surface area contributed by atoms with E-state index in [0.29, 0.717) is 30.5 Å². The molecule has 2 N–H and O–H groups in total. The second kappa shape index (κ2) is 11.6. The van der Waals surface area contributed by atoms with Gasteiger partial charge in [-0.15, -0.1) is 0 Å². The van der Waals surface area contributed by atoms with Crippen LogP contribution in [0.25, 0.3) is 0 Å². The fourth-order valence-electron chi connectivity index (χ4n) is 3.19. The minimum absolute atomic E-state index is 0.0994. The van der Waals surface area contributed by atoms with Gasteiger partial charge in [0.15, 0.2) is 6.61 Å². The molecule has 1 aliphatic carbocycles. The molecule has 0 radical (unpaired) electrons. The van der Waals surface area contributed by atoms with Crippen LogP contribution in [0.3, 0.4) is 0 Å². The Morgan fingerprint density at radius 1 is 1.18 bits per heavy atom. The van der Waals surface area contributed by atoms with E-state index in [9.17, 15) is 18.0 Å². The van der Waals surface area contributed by atoms with Crippen LogP contribution in [0.1, 0.15) is 23.2 Å². The van der Waals surface area contributed by atoms with E-state index in [2.05, 4.69) is 15.1 Å². The summed E-state index contributed by atoms with van der Waals surface area (Å²) >= 11 is 0. The Bertz CT molecular complexity index is 927. The average Bonchev–Trinajstić information content (AvgIpc) is 3.60. The summed E-state index contributed by atoms with van der Waals surface area (Å²) in [4.78, 5) is 27.0. The minimum Gasteiger partial charge on any atom is -0.491 e. The number of nitrogens with zero attached hydrogens (tertiary/aromatic N) is 2. The van der Waals surface area contributed by atoms with Crippen molar-refractivity contribution in [1.82, 2.24) is 9.80 Å². The summed E-state index contributed by atoms with van der Waals surface area (Å²) in [5.74, 6) is -1.35. The van der Waals surface area contributed by atoms with Crippen molar-refractivity contribution in [2.75, 3.05) is 70.8 Å². The molecule has 11 nitrogen and oxygen atoms in total. The third kappa shape index (κ3) is 8.80. The van der Waals surface area contributed by atoms with E-state index in [0.717, 1.165) is 39.0 Å². The molecule has 0 bridgehead atoms. The third-order valence-corrected chi connectivity index (χ3v) is 6.63. The molecule has 184 valence electrons. The highest BCUT2D eigenvalue weighted by Crippen LogP contribution is 2.32. The number of benzene rings is 1. The van der Waals surface area contributed by atoms with Crippen molar-refractivity contribution < 1.29 is 36.8 Å². The number of ether oxygens (including phenoxy) is 2. The molecule has 12 heteroatoms. The summed E-state index contributed by atoms with van der Waals surface area (Å²) in [6, 6.07) is 4.43. The Kier molecular flexibility index (Phi) is 8.89. The number of hydrogen-bond acceptors (Lipinski definition) is 10. The van der Waals surface area contributed by atoms with E-state index >= 15 is 0 Å². The molecule has 0 aromatic heterocycles. The van der Waals surface area contributed by atoms with Gasteiger partial charge in [0.1, 0.15) is 12.5 Å². The van der Waals surface area contributed by atoms with Gasteiger partial charge in [-0.3, -0.25) is 4.90 Å². The molecular formula is C21H31N3O8S. The lowest BCUT2D eigenvalue weighted by Crippen LogP contribution is -2.46. The predicted molar refractivity (Wildman–Crippen MR) is 120 cm³/mol. The van der Waals surface area contributed by atoms with Crippen LogP contribution >= 0.6 is 0 Å². The molecule has 2 fully saturated rings. The van der Waals surface area contributed by atoms with E-state index in [1.165, 1.54) is 12.1 Å². The summed E-state index contributed by atoms with van der Waals surface area (Å²) in [5, 5.41) is 11.5. The Hall–Kier alpha value is -2.41.